The Labute approximate surface area is 167 Å². The summed E-state index contributed by atoms with van der Waals surface area (Å²) < 4.78 is 5.67. The van der Waals surface area contributed by atoms with Crippen LogP contribution in [0.4, 0.5) is 4.79 Å². The van der Waals surface area contributed by atoms with Crippen LogP contribution in [0.2, 0.25) is 0 Å². The summed E-state index contributed by atoms with van der Waals surface area (Å²) in [4.78, 5) is 28.8. The van der Waals surface area contributed by atoms with Gasteiger partial charge in [-0.25, -0.2) is 4.79 Å². The van der Waals surface area contributed by atoms with Crippen molar-refractivity contribution < 1.29 is 14.0 Å². The molecule has 1 N–H and O–H groups in total. The first kappa shape index (κ1) is 21.5. The van der Waals surface area contributed by atoms with E-state index in [0.717, 1.165) is 17.1 Å². The minimum Gasteiger partial charge on any atom is -0.464 e. The highest BCUT2D eigenvalue weighted by Gasteiger charge is 2.23. The molecule has 0 fully saturated rings. The van der Waals surface area contributed by atoms with E-state index < -0.39 is 0 Å². The Bertz CT molecular complexity index is 755. The second kappa shape index (κ2) is 10.5. The highest BCUT2D eigenvalue weighted by Crippen LogP contribution is 2.14. The average Bonchev–Trinajstić information content (AvgIpc) is 3.06. The van der Waals surface area contributed by atoms with E-state index in [1.165, 1.54) is 0 Å². The van der Waals surface area contributed by atoms with Crippen molar-refractivity contribution in [2.75, 3.05) is 19.6 Å². The van der Waals surface area contributed by atoms with Gasteiger partial charge in [0.1, 0.15) is 18.1 Å². The van der Waals surface area contributed by atoms with Crippen LogP contribution in [0.15, 0.2) is 46.9 Å². The zero-order valence-corrected chi connectivity index (χ0v) is 17.3. The maximum absolute atomic E-state index is 13.1. The Balaban J connectivity index is 2.16. The molecule has 0 bridgehead atoms. The molecule has 0 spiro atoms. The molecule has 0 radical (unpaired) electrons. The number of rotatable bonds is 9. The molecule has 0 atom stereocenters. The van der Waals surface area contributed by atoms with Gasteiger partial charge in [-0.05, 0) is 37.5 Å². The number of nitrogens with zero attached hydrogens (tertiary/aromatic N) is 2. The van der Waals surface area contributed by atoms with Gasteiger partial charge in [0.15, 0.2) is 0 Å². The third kappa shape index (κ3) is 6.76. The molecule has 0 unspecified atom stereocenters. The molecule has 2 aromatic rings. The molecule has 1 aromatic carbocycles. The Hall–Kier alpha value is -2.76. The number of carbonyl (C=O) groups excluding carboxylic acids is 2. The highest BCUT2D eigenvalue weighted by atomic mass is 16.3. The first-order valence-corrected chi connectivity index (χ1v) is 9.78. The van der Waals surface area contributed by atoms with Crippen LogP contribution in [0.1, 0.15) is 37.9 Å². The van der Waals surface area contributed by atoms with Crippen molar-refractivity contribution in [3.8, 4) is 0 Å². The second-order valence-electron chi connectivity index (χ2n) is 7.36. The summed E-state index contributed by atoms with van der Waals surface area (Å²) in [6.45, 7) is 9.74. The predicted octanol–water partition coefficient (Wildman–Crippen LogP) is 3.80. The molecule has 1 heterocycles. The molecule has 6 heteroatoms. The number of urea groups is 1. The molecular formula is C22H31N3O3. The lowest BCUT2D eigenvalue weighted by atomic mass is 10.2. The van der Waals surface area contributed by atoms with Gasteiger partial charge < -0.3 is 19.5 Å². The standard InChI is InChI=1S/C22H31N3O3/c1-5-23-22(27)25(13-17(2)3)16-21(26)24(14-19-9-7-6-8-10-19)15-20-12-11-18(4)28-20/h6-12,17H,5,13-16H2,1-4H3,(H,23,27). The predicted molar refractivity (Wildman–Crippen MR) is 110 cm³/mol. The Morgan fingerprint density at radius 2 is 1.75 bits per heavy atom. The van der Waals surface area contributed by atoms with Gasteiger partial charge in [-0.2, -0.15) is 0 Å². The number of hydrogen-bond donors (Lipinski definition) is 1. The fourth-order valence-corrected chi connectivity index (χ4v) is 2.98. The monoisotopic (exact) mass is 385 g/mol. The van der Waals surface area contributed by atoms with Gasteiger partial charge in [0.2, 0.25) is 5.91 Å². The molecule has 0 aliphatic carbocycles. The van der Waals surface area contributed by atoms with Gasteiger partial charge in [-0.3, -0.25) is 4.79 Å². The van der Waals surface area contributed by atoms with E-state index in [1.54, 1.807) is 9.80 Å². The van der Waals surface area contributed by atoms with Gasteiger partial charge in [-0.15, -0.1) is 0 Å². The van der Waals surface area contributed by atoms with Crippen LogP contribution in [0.25, 0.3) is 0 Å². The Morgan fingerprint density at radius 3 is 2.32 bits per heavy atom. The van der Waals surface area contributed by atoms with Crippen LogP contribution < -0.4 is 5.32 Å². The zero-order chi connectivity index (χ0) is 20.5. The zero-order valence-electron chi connectivity index (χ0n) is 17.3. The number of hydrogen-bond acceptors (Lipinski definition) is 3. The van der Waals surface area contributed by atoms with Crippen molar-refractivity contribution in [1.29, 1.82) is 0 Å². The summed E-state index contributed by atoms with van der Waals surface area (Å²) in [5.41, 5.74) is 1.03. The SMILES string of the molecule is CCNC(=O)N(CC(=O)N(Cc1ccccc1)Cc1ccc(C)o1)CC(C)C. The first-order chi connectivity index (χ1) is 13.4. The average molecular weight is 386 g/mol. The topological polar surface area (TPSA) is 65.8 Å². The van der Waals surface area contributed by atoms with Crippen LogP contribution in [0.5, 0.6) is 0 Å². The van der Waals surface area contributed by atoms with Crippen molar-refractivity contribution >= 4 is 11.9 Å². The van der Waals surface area contributed by atoms with Crippen LogP contribution in [-0.2, 0) is 17.9 Å². The molecule has 3 amide bonds. The van der Waals surface area contributed by atoms with Gasteiger partial charge >= 0.3 is 6.03 Å². The molecule has 6 nitrogen and oxygen atoms in total. The van der Waals surface area contributed by atoms with Crippen molar-refractivity contribution in [3.05, 3.63) is 59.5 Å². The molecule has 0 saturated carbocycles. The van der Waals surface area contributed by atoms with Crippen molar-refractivity contribution in [2.45, 2.75) is 40.8 Å². The minimum absolute atomic E-state index is 0.0382. The quantitative estimate of drug-likeness (QED) is 0.714. The largest absolute Gasteiger partial charge is 0.464 e. The fourth-order valence-electron chi connectivity index (χ4n) is 2.98. The lowest BCUT2D eigenvalue weighted by molar-refractivity contribution is -0.133. The van der Waals surface area contributed by atoms with E-state index in [4.69, 9.17) is 4.42 Å². The normalized spacial score (nSPS) is 10.8. The lowest BCUT2D eigenvalue weighted by Crippen LogP contribution is -2.47. The van der Waals surface area contributed by atoms with Crippen molar-refractivity contribution in [2.24, 2.45) is 5.92 Å². The van der Waals surface area contributed by atoms with E-state index in [0.29, 0.717) is 26.2 Å². The Morgan fingerprint density at radius 1 is 1.04 bits per heavy atom. The van der Waals surface area contributed by atoms with Gasteiger partial charge in [-0.1, -0.05) is 44.2 Å². The molecule has 0 saturated heterocycles. The van der Waals surface area contributed by atoms with Gasteiger partial charge in [0.05, 0.1) is 6.54 Å². The number of aryl methyl sites for hydroxylation is 1. The van der Waals surface area contributed by atoms with Gasteiger partial charge in [0.25, 0.3) is 0 Å². The van der Waals surface area contributed by atoms with E-state index in [-0.39, 0.29) is 24.4 Å². The number of nitrogens with one attached hydrogen (secondary N) is 1. The lowest BCUT2D eigenvalue weighted by Gasteiger charge is -2.28. The molecule has 1 aromatic heterocycles. The summed E-state index contributed by atoms with van der Waals surface area (Å²) in [7, 11) is 0. The molecular weight excluding hydrogens is 354 g/mol. The number of carbonyl (C=O) groups is 2. The third-order valence-corrected chi connectivity index (χ3v) is 4.24. The van der Waals surface area contributed by atoms with E-state index in [1.807, 2.05) is 70.2 Å². The minimum atomic E-state index is -0.210. The number of amides is 3. The summed E-state index contributed by atoms with van der Waals surface area (Å²) in [6, 6.07) is 13.4. The summed E-state index contributed by atoms with van der Waals surface area (Å²) in [5.74, 6) is 1.71. The van der Waals surface area contributed by atoms with Crippen LogP contribution in [0.3, 0.4) is 0 Å². The third-order valence-electron chi connectivity index (χ3n) is 4.24. The maximum atomic E-state index is 13.1. The molecule has 0 aliphatic rings. The first-order valence-electron chi connectivity index (χ1n) is 9.78. The summed E-state index contributed by atoms with van der Waals surface area (Å²) >= 11 is 0. The van der Waals surface area contributed by atoms with E-state index >= 15 is 0 Å². The van der Waals surface area contributed by atoms with Crippen molar-refractivity contribution in [3.63, 3.8) is 0 Å². The Kier molecular flexibility index (Phi) is 8.11. The molecule has 28 heavy (non-hydrogen) atoms. The number of benzene rings is 1. The van der Waals surface area contributed by atoms with E-state index in [9.17, 15) is 9.59 Å². The van der Waals surface area contributed by atoms with Crippen LogP contribution >= 0.6 is 0 Å². The second-order valence-corrected chi connectivity index (χ2v) is 7.36. The van der Waals surface area contributed by atoms with Crippen LogP contribution in [0, 0.1) is 12.8 Å². The van der Waals surface area contributed by atoms with Crippen LogP contribution in [-0.4, -0.2) is 41.4 Å². The highest BCUT2D eigenvalue weighted by molar-refractivity contribution is 5.84. The van der Waals surface area contributed by atoms with Gasteiger partial charge in [0, 0.05) is 19.6 Å². The van der Waals surface area contributed by atoms with Crippen molar-refractivity contribution in [1.82, 2.24) is 15.1 Å². The maximum Gasteiger partial charge on any atom is 0.317 e. The molecule has 152 valence electrons. The number of furan rings is 1. The summed E-state index contributed by atoms with van der Waals surface area (Å²) in [6.07, 6.45) is 0. The summed E-state index contributed by atoms with van der Waals surface area (Å²) in [5, 5.41) is 2.80. The molecule has 0 aliphatic heterocycles. The van der Waals surface area contributed by atoms with E-state index in [2.05, 4.69) is 5.32 Å². The fraction of sp³-hybridized carbons (Fsp3) is 0.455. The smallest absolute Gasteiger partial charge is 0.317 e. The molecule has 2 rings (SSSR count).